The Morgan fingerprint density at radius 2 is 1.56 bits per heavy atom. The molecule has 0 spiro atoms. The highest BCUT2D eigenvalue weighted by molar-refractivity contribution is 5.94. The van der Waals surface area contributed by atoms with Gasteiger partial charge in [-0.05, 0) is 85.8 Å². The van der Waals surface area contributed by atoms with E-state index in [1.165, 1.54) is 6.42 Å². The Bertz CT molecular complexity index is 1130. The zero-order chi connectivity index (χ0) is 22.2. The fourth-order valence-electron chi connectivity index (χ4n) is 3.97. The molecule has 3 aromatic rings. The van der Waals surface area contributed by atoms with E-state index in [0.717, 1.165) is 24.4 Å². The van der Waals surface area contributed by atoms with Crippen LogP contribution in [0.1, 0.15) is 64.3 Å². The van der Waals surface area contributed by atoms with E-state index in [4.69, 9.17) is 14.9 Å². The summed E-state index contributed by atoms with van der Waals surface area (Å²) in [5, 5.41) is 0. The number of benzene rings is 2. The number of amides is 2. The van der Waals surface area contributed by atoms with Crippen molar-refractivity contribution in [3.05, 3.63) is 83.3 Å². The Labute approximate surface area is 187 Å². The number of rotatable bonds is 8. The summed E-state index contributed by atoms with van der Waals surface area (Å²) >= 11 is 0. The minimum absolute atomic E-state index is 0.00241. The third-order valence-electron chi connectivity index (χ3n) is 6.21. The number of carbonyl (C=O) groups is 2. The van der Waals surface area contributed by atoms with Gasteiger partial charge in [0.2, 0.25) is 5.91 Å². The average Bonchev–Trinajstić information content (AvgIpc) is 3.72. The summed E-state index contributed by atoms with van der Waals surface area (Å²) in [6.45, 7) is 2.73. The Morgan fingerprint density at radius 3 is 2.09 bits per heavy atom. The van der Waals surface area contributed by atoms with Gasteiger partial charge in [-0.15, -0.1) is 0 Å². The van der Waals surface area contributed by atoms with Crippen molar-refractivity contribution in [3.8, 4) is 11.5 Å². The van der Waals surface area contributed by atoms with Crippen molar-refractivity contribution in [3.63, 3.8) is 0 Å². The average molecular weight is 431 g/mol. The summed E-state index contributed by atoms with van der Waals surface area (Å²) in [6, 6.07) is 18.1. The van der Waals surface area contributed by atoms with E-state index < -0.39 is 5.91 Å². The molecular formula is C26H26N2O4. The molecular weight excluding hydrogens is 404 g/mol. The van der Waals surface area contributed by atoms with Gasteiger partial charge >= 0.3 is 0 Å². The van der Waals surface area contributed by atoms with Crippen LogP contribution in [0.25, 0.3) is 0 Å². The van der Waals surface area contributed by atoms with Crippen molar-refractivity contribution in [2.24, 2.45) is 11.7 Å². The van der Waals surface area contributed by atoms with E-state index in [1.807, 2.05) is 11.0 Å². The van der Waals surface area contributed by atoms with Crippen LogP contribution in [0.3, 0.4) is 0 Å². The molecule has 1 heterocycles. The van der Waals surface area contributed by atoms with E-state index in [1.54, 1.807) is 48.5 Å². The van der Waals surface area contributed by atoms with Gasteiger partial charge in [-0.3, -0.25) is 9.59 Å². The van der Waals surface area contributed by atoms with Crippen molar-refractivity contribution in [1.29, 1.82) is 0 Å². The molecule has 2 aliphatic rings. The zero-order valence-electron chi connectivity index (χ0n) is 18.0. The lowest BCUT2D eigenvalue weighted by Crippen LogP contribution is -2.32. The standard InChI is InChI=1S/C26H26N2O4/c1-16-14-23(16)24-13-12-22(32-24)15-28(19-6-7-19)26(30)18-4-10-21(11-5-18)31-20-8-2-17(3-9-20)25(27)29/h2-5,8-13,16,19,23H,6-7,14-15H2,1H3,(H2,27,29). The maximum Gasteiger partial charge on any atom is 0.254 e. The summed E-state index contributed by atoms with van der Waals surface area (Å²) in [5.41, 5.74) is 6.31. The van der Waals surface area contributed by atoms with Crippen LogP contribution in [-0.2, 0) is 6.54 Å². The summed E-state index contributed by atoms with van der Waals surface area (Å²) in [5.74, 6) is 3.84. The molecule has 0 saturated heterocycles. The second kappa shape index (κ2) is 8.19. The van der Waals surface area contributed by atoms with Crippen molar-refractivity contribution in [2.45, 2.75) is 44.7 Å². The third-order valence-corrected chi connectivity index (χ3v) is 6.21. The number of hydrogen-bond acceptors (Lipinski definition) is 4. The van der Waals surface area contributed by atoms with E-state index in [2.05, 4.69) is 13.0 Å². The smallest absolute Gasteiger partial charge is 0.254 e. The molecule has 5 rings (SSSR count). The predicted octanol–water partition coefficient (Wildman–Crippen LogP) is 5.10. The molecule has 2 amide bonds. The Hall–Kier alpha value is -3.54. The number of primary amides is 1. The number of ether oxygens (including phenoxy) is 1. The van der Waals surface area contributed by atoms with E-state index in [-0.39, 0.29) is 11.9 Å². The van der Waals surface area contributed by atoms with Crippen LogP contribution in [0.2, 0.25) is 0 Å². The highest BCUT2D eigenvalue weighted by atomic mass is 16.5. The Kier molecular flexibility index (Phi) is 5.21. The van der Waals surface area contributed by atoms with Crippen LogP contribution < -0.4 is 10.5 Å². The molecule has 164 valence electrons. The molecule has 2 unspecified atom stereocenters. The first-order valence-electron chi connectivity index (χ1n) is 11.1. The van der Waals surface area contributed by atoms with Crippen molar-refractivity contribution < 1.29 is 18.7 Å². The highest BCUT2D eigenvalue weighted by Crippen LogP contribution is 2.47. The zero-order valence-corrected chi connectivity index (χ0v) is 18.0. The topological polar surface area (TPSA) is 85.8 Å². The first-order chi connectivity index (χ1) is 15.5. The Balaban J connectivity index is 1.25. The molecule has 0 radical (unpaired) electrons. The highest BCUT2D eigenvalue weighted by Gasteiger charge is 2.37. The van der Waals surface area contributed by atoms with Gasteiger partial charge < -0.3 is 19.8 Å². The largest absolute Gasteiger partial charge is 0.464 e. The van der Waals surface area contributed by atoms with Gasteiger partial charge in [-0.1, -0.05) is 6.92 Å². The lowest BCUT2D eigenvalue weighted by molar-refractivity contribution is 0.0716. The van der Waals surface area contributed by atoms with Gasteiger partial charge in [0.1, 0.15) is 23.0 Å². The van der Waals surface area contributed by atoms with Crippen LogP contribution in [0, 0.1) is 5.92 Å². The lowest BCUT2D eigenvalue weighted by atomic mass is 10.1. The molecule has 2 aliphatic carbocycles. The quantitative estimate of drug-likeness (QED) is 0.539. The van der Waals surface area contributed by atoms with Gasteiger partial charge in [0.25, 0.3) is 5.91 Å². The monoisotopic (exact) mass is 430 g/mol. The van der Waals surface area contributed by atoms with Gasteiger partial charge in [0, 0.05) is 23.1 Å². The van der Waals surface area contributed by atoms with Gasteiger partial charge in [0.05, 0.1) is 6.54 Å². The minimum Gasteiger partial charge on any atom is -0.464 e. The normalized spacial score (nSPS) is 19.4. The summed E-state index contributed by atoms with van der Waals surface area (Å²) in [7, 11) is 0. The molecule has 0 aliphatic heterocycles. The van der Waals surface area contributed by atoms with Gasteiger partial charge in [0.15, 0.2) is 0 Å². The molecule has 2 N–H and O–H groups in total. The fraction of sp³-hybridized carbons (Fsp3) is 0.308. The van der Waals surface area contributed by atoms with Crippen molar-refractivity contribution >= 4 is 11.8 Å². The molecule has 6 nitrogen and oxygen atoms in total. The number of nitrogens with zero attached hydrogens (tertiary/aromatic N) is 1. The fourth-order valence-corrected chi connectivity index (χ4v) is 3.97. The molecule has 0 bridgehead atoms. The number of hydrogen-bond donors (Lipinski definition) is 1. The molecule has 2 fully saturated rings. The molecule has 6 heteroatoms. The van der Waals surface area contributed by atoms with Crippen LogP contribution in [-0.4, -0.2) is 22.8 Å². The van der Waals surface area contributed by atoms with Crippen molar-refractivity contribution in [2.75, 3.05) is 0 Å². The predicted molar refractivity (Wildman–Crippen MR) is 120 cm³/mol. The van der Waals surface area contributed by atoms with Crippen LogP contribution in [0.15, 0.2) is 65.1 Å². The molecule has 2 aromatic carbocycles. The minimum atomic E-state index is -0.479. The number of furan rings is 1. The maximum atomic E-state index is 13.2. The molecule has 2 atom stereocenters. The lowest BCUT2D eigenvalue weighted by Gasteiger charge is -2.21. The van der Waals surface area contributed by atoms with Crippen LogP contribution in [0.5, 0.6) is 11.5 Å². The van der Waals surface area contributed by atoms with E-state index in [0.29, 0.717) is 41.0 Å². The molecule has 32 heavy (non-hydrogen) atoms. The van der Waals surface area contributed by atoms with Crippen LogP contribution in [0.4, 0.5) is 0 Å². The SMILES string of the molecule is CC1CC1c1ccc(CN(C(=O)c2ccc(Oc3ccc(C(N)=O)cc3)cc2)C2CC2)o1. The van der Waals surface area contributed by atoms with Gasteiger partial charge in [-0.25, -0.2) is 0 Å². The number of nitrogens with two attached hydrogens (primary N) is 1. The third kappa shape index (κ3) is 4.40. The van der Waals surface area contributed by atoms with Gasteiger partial charge in [-0.2, -0.15) is 0 Å². The van der Waals surface area contributed by atoms with E-state index >= 15 is 0 Å². The molecule has 1 aromatic heterocycles. The summed E-state index contributed by atoms with van der Waals surface area (Å²) in [4.78, 5) is 26.3. The number of carbonyl (C=O) groups excluding carboxylic acids is 2. The first kappa shape index (κ1) is 20.4. The Morgan fingerprint density at radius 1 is 0.969 bits per heavy atom. The van der Waals surface area contributed by atoms with Crippen molar-refractivity contribution in [1.82, 2.24) is 4.90 Å². The maximum absolute atomic E-state index is 13.2. The first-order valence-corrected chi connectivity index (χ1v) is 11.1. The molecule has 2 saturated carbocycles. The van der Waals surface area contributed by atoms with E-state index in [9.17, 15) is 9.59 Å². The summed E-state index contributed by atoms with van der Waals surface area (Å²) in [6.07, 6.45) is 3.24. The van der Waals surface area contributed by atoms with Crippen LogP contribution >= 0.6 is 0 Å². The summed E-state index contributed by atoms with van der Waals surface area (Å²) < 4.78 is 11.8. The second-order valence-electron chi connectivity index (χ2n) is 8.80. The second-order valence-corrected chi connectivity index (χ2v) is 8.80.